The highest BCUT2D eigenvalue weighted by Crippen LogP contribution is 2.30. The molecule has 1 aromatic heterocycles. The van der Waals surface area contributed by atoms with Gasteiger partial charge in [-0.1, -0.05) is 66.0 Å². The largest absolute Gasteiger partial charge is 0.463 e. The number of H-pyrrole nitrogens is 1. The standard InChI is InChI=1S/C22H34BrN5O5/c1-16-14-28(22(31)25-21(16)30)19-13-17(26-27-24)18(33-19)15-32-20(29)11-9-7-5-3-2-4-6-8-10-12-23/h14,17-19H,2-13,15H2,1H3,(H,25,30,31)/t17-,18+,19+/m0/s1. The molecule has 0 radical (unpaired) electrons. The van der Waals surface area contributed by atoms with Crippen LogP contribution in [-0.2, 0) is 14.3 Å². The molecule has 0 amide bonds. The van der Waals surface area contributed by atoms with Gasteiger partial charge in [-0.15, -0.1) is 0 Å². The minimum atomic E-state index is -0.716. The number of hydrogen-bond donors (Lipinski definition) is 1. The summed E-state index contributed by atoms with van der Waals surface area (Å²) in [6.07, 6.45) is 11.0. The molecule has 1 aromatic rings. The number of ether oxygens (including phenoxy) is 2. The topological polar surface area (TPSA) is 139 Å². The van der Waals surface area contributed by atoms with Gasteiger partial charge >= 0.3 is 11.7 Å². The molecule has 0 unspecified atom stereocenters. The third-order valence-corrected chi connectivity index (χ3v) is 6.34. The molecule has 2 rings (SSSR count). The lowest BCUT2D eigenvalue weighted by atomic mass is 10.1. The van der Waals surface area contributed by atoms with Crippen LogP contribution >= 0.6 is 15.9 Å². The van der Waals surface area contributed by atoms with Crippen LogP contribution in [0.5, 0.6) is 0 Å². The van der Waals surface area contributed by atoms with E-state index in [2.05, 4.69) is 30.9 Å². The highest BCUT2D eigenvalue weighted by Gasteiger charge is 2.37. The van der Waals surface area contributed by atoms with E-state index in [0.29, 0.717) is 12.0 Å². The smallest absolute Gasteiger partial charge is 0.330 e. The Bertz CT molecular complexity index is 911. The Morgan fingerprint density at radius 2 is 1.85 bits per heavy atom. The third-order valence-electron chi connectivity index (χ3n) is 5.78. The number of aromatic nitrogens is 2. The minimum absolute atomic E-state index is 0.0511. The Kier molecular flexibility index (Phi) is 12.3. The number of rotatable bonds is 15. The SMILES string of the molecule is Cc1cn([C@H]2C[C@H](N=[N+]=[N-])[C@@H](COC(=O)CCCCCCCCCCCBr)O2)c(=O)[nH]c1=O. The van der Waals surface area contributed by atoms with E-state index in [1.165, 1.54) is 49.3 Å². The number of nitrogens with one attached hydrogen (secondary N) is 1. The van der Waals surface area contributed by atoms with Gasteiger partial charge < -0.3 is 9.47 Å². The van der Waals surface area contributed by atoms with E-state index in [4.69, 9.17) is 15.0 Å². The van der Waals surface area contributed by atoms with Crippen molar-refractivity contribution in [2.24, 2.45) is 5.11 Å². The number of alkyl halides is 1. The molecule has 33 heavy (non-hydrogen) atoms. The molecule has 0 aromatic carbocycles. The molecular formula is C22H34BrN5O5. The van der Waals surface area contributed by atoms with E-state index >= 15 is 0 Å². The number of aromatic amines is 1. The zero-order valence-electron chi connectivity index (χ0n) is 19.2. The lowest BCUT2D eigenvalue weighted by Crippen LogP contribution is -2.33. The van der Waals surface area contributed by atoms with E-state index in [9.17, 15) is 14.4 Å². The number of unbranched alkanes of at least 4 members (excludes halogenated alkanes) is 8. The van der Waals surface area contributed by atoms with Gasteiger partial charge in [-0.3, -0.25) is 19.1 Å². The number of esters is 1. The highest BCUT2D eigenvalue weighted by molar-refractivity contribution is 9.09. The number of nitrogens with zero attached hydrogens (tertiary/aromatic N) is 4. The molecule has 0 saturated carbocycles. The van der Waals surface area contributed by atoms with Crippen molar-refractivity contribution in [3.63, 3.8) is 0 Å². The fraction of sp³-hybridized carbons (Fsp3) is 0.773. The van der Waals surface area contributed by atoms with Crippen LogP contribution in [-0.4, -0.2) is 39.6 Å². The van der Waals surface area contributed by atoms with Gasteiger partial charge in [-0.2, -0.15) is 0 Å². The Labute approximate surface area is 201 Å². The molecule has 10 nitrogen and oxygen atoms in total. The fourth-order valence-electron chi connectivity index (χ4n) is 3.87. The lowest BCUT2D eigenvalue weighted by Gasteiger charge is -2.17. The van der Waals surface area contributed by atoms with Crippen molar-refractivity contribution in [2.75, 3.05) is 11.9 Å². The van der Waals surface area contributed by atoms with Crippen LogP contribution in [0.1, 0.15) is 82.4 Å². The molecular weight excluding hydrogens is 494 g/mol. The normalized spacial score (nSPS) is 19.9. The van der Waals surface area contributed by atoms with Crippen LogP contribution < -0.4 is 11.2 Å². The molecule has 0 aliphatic carbocycles. The van der Waals surface area contributed by atoms with Gasteiger partial charge in [0.05, 0.1) is 6.04 Å². The average Bonchev–Trinajstić information content (AvgIpc) is 3.18. The number of halogens is 1. The maximum atomic E-state index is 12.1. The summed E-state index contributed by atoms with van der Waals surface area (Å²) < 4.78 is 12.5. The number of azide groups is 1. The molecule has 11 heteroatoms. The summed E-state index contributed by atoms with van der Waals surface area (Å²) in [5.41, 5.74) is 8.15. The molecule has 1 fully saturated rings. The Hall–Kier alpha value is -2.10. The third kappa shape index (κ3) is 9.35. The summed E-state index contributed by atoms with van der Waals surface area (Å²) in [4.78, 5) is 40.9. The van der Waals surface area contributed by atoms with Crippen molar-refractivity contribution in [2.45, 2.75) is 95.9 Å². The zero-order valence-corrected chi connectivity index (χ0v) is 20.8. The van der Waals surface area contributed by atoms with E-state index in [1.54, 1.807) is 6.92 Å². The lowest BCUT2D eigenvalue weighted by molar-refractivity contribution is -0.148. The molecule has 3 atom stereocenters. The molecule has 0 bridgehead atoms. The molecule has 1 aliphatic rings. The van der Waals surface area contributed by atoms with Crippen LogP contribution in [0.3, 0.4) is 0 Å². The van der Waals surface area contributed by atoms with Gasteiger partial charge in [0.25, 0.3) is 5.56 Å². The summed E-state index contributed by atoms with van der Waals surface area (Å²) in [6.45, 7) is 1.53. The van der Waals surface area contributed by atoms with Crippen molar-refractivity contribution in [3.8, 4) is 0 Å². The first-order valence-corrected chi connectivity index (χ1v) is 12.8. The second kappa shape index (κ2) is 14.9. The molecule has 0 spiro atoms. The second-order valence-electron chi connectivity index (χ2n) is 8.42. The molecule has 1 aliphatic heterocycles. The van der Waals surface area contributed by atoms with Crippen LogP contribution in [0.25, 0.3) is 10.4 Å². The number of hydrogen-bond acceptors (Lipinski definition) is 6. The number of aryl methyl sites for hydroxylation is 1. The quantitative estimate of drug-likeness (QED) is 0.0882. The first-order valence-electron chi connectivity index (χ1n) is 11.7. The first-order chi connectivity index (χ1) is 16.0. The molecule has 2 heterocycles. The zero-order chi connectivity index (χ0) is 24.1. The van der Waals surface area contributed by atoms with Gasteiger partial charge in [0.2, 0.25) is 0 Å². The Balaban J connectivity index is 1.71. The van der Waals surface area contributed by atoms with E-state index < -0.39 is 29.6 Å². The van der Waals surface area contributed by atoms with Crippen molar-refractivity contribution >= 4 is 21.9 Å². The van der Waals surface area contributed by atoms with E-state index in [-0.39, 0.29) is 19.0 Å². The van der Waals surface area contributed by atoms with Gasteiger partial charge in [-0.05, 0) is 25.3 Å². The molecule has 184 valence electrons. The predicted molar refractivity (Wildman–Crippen MR) is 128 cm³/mol. The summed E-state index contributed by atoms with van der Waals surface area (Å²) in [5.74, 6) is -0.312. The molecule has 1 saturated heterocycles. The first kappa shape index (κ1) is 27.1. The van der Waals surface area contributed by atoms with Crippen molar-refractivity contribution in [1.82, 2.24) is 9.55 Å². The van der Waals surface area contributed by atoms with Crippen LogP contribution in [0.15, 0.2) is 20.9 Å². The second-order valence-corrected chi connectivity index (χ2v) is 9.21. The monoisotopic (exact) mass is 527 g/mol. The van der Waals surface area contributed by atoms with Crippen molar-refractivity contribution in [1.29, 1.82) is 0 Å². The summed E-state index contributed by atoms with van der Waals surface area (Å²) in [7, 11) is 0. The summed E-state index contributed by atoms with van der Waals surface area (Å²) in [6, 6.07) is -0.582. The van der Waals surface area contributed by atoms with Gasteiger partial charge in [0, 0.05) is 34.8 Å². The van der Waals surface area contributed by atoms with Crippen LogP contribution in [0, 0.1) is 6.92 Å². The number of carbonyl (C=O) groups is 1. The molecule has 1 N–H and O–H groups in total. The summed E-state index contributed by atoms with van der Waals surface area (Å²) in [5, 5.41) is 4.81. The summed E-state index contributed by atoms with van der Waals surface area (Å²) >= 11 is 3.44. The van der Waals surface area contributed by atoms with Crippen LogP contribution in [0.4, 0.5) is 0 Å². The Morgan fingerprint density at radius 1 is 1.21 bits per heavy atom. The van der Waals surface area contributed by atoms with Gasteiger partial charge in [0.1, 0.15) is 18.9 Å². The van der Waals surface area contributed by atoms with Gasteiger partial charge in [-0.25, -0.2) is 4.79 Å². The number of carbonyl (C=O) groups excluding carboxylic acids is 1. The van der Waals surface area contributed by atoms with E-state index in [1.807, 2.05) is 0 Å². The van der Waals surface area contributed by atoms with Gasteiger partial charge in [0.15, 0.2) is 0 Å². The van der Waals surface area contributed by atoms with Crippen molar-refractivity contribution < 1.29 is 14.3 Å². The predicted octanol–water partition coefficient (Wildman–Crippen LogP) is 4.65. The Morgan fingerprint density at radius 3 is 2.48 bits per heavy atom. The fourth-order valence-corrected chi connectivity index (χ4v) is 4.27. The van der Waals surface area contributed by atoms with E-state index in [0.717, 1.165) is 24.6 Å². The van der Waals surface area contributed by atoms with Crippen LogP contribution in [0.2, 0.25) is 0 Å². The highest BCUT2D eigenvalue weighted by atomic mass is 79.9. The maximum Gasteiger partial charge on any atom is 0.330 e. The maximum absolute atomic E-state index is 12.1. The minimum Gasteiger partial charge on any atom is -0.463 e. The van der Waals surface area contributed by atoms with Crippen molar-refractivity contribution in [3.05, 3.63) is 43.0 Å². The average molecular weight is 528 g/mol.